The van der Waals surface area contributed by atoms with Crippen molar-refractivity contribution in [1.82, 2.24) is 4.98 Å². The van der Waals surface area contributed by atoms with Crippen molar-refractivity contribution in [2.45, 2.75) is 19.8 Å². The zero-order valence-corrected chi connectivity index (χ0v) is 7.70. The lowest BCUT2D eigenvalue weighted by Crippen LogP contribution is -1.81. The van der Waals surface area contributed by atoms with E-state index in [0.717, 1.165) is 18.4 Å². The molecule has 0 atom stereocenters. The van der Waals surface area contributed by atoms with Crippen LogP contribution in [0.25, 0.3) is 6.08 Å². The monoisotopic (exact) mass is 172 g/mol. The van der Waals surface area contributed by atoms with Crippen LogP contribution in [0.15, 0.2) is 24.4 Å². The van der Waals surface area contributed by atoms with Crippen LogP contribution in [0.3, 0.4) is 0 Å². The fourth-order valence-corrected chi connectivity index (χ4v) is 0.998. The van der Waals surface area contributed by atoms with E-state index >= 15 is 0 Å². The first kappa shape index (κ1) is 9.47. The number of allylic oxidation sites excluding steroid dienone is 1. The van der Waals surface area contributed by atoms with Crippen LogP contribution in [0.1, 0.15) is 31.0 Å². The Morgan fingerprint density at radius 2 is 2.46 bits per heavy atom. The predicted octanol–water partition coefficient (Wildman–Crippen LogP) is 2.77. The summed E-state index contributed by atoms with van der Waals surface area (Å²) in [7, 11) is 0. The van der Waals surface area contributed by atoms with Crippen LogP contribution in [0, 0.1) is 11.3 Å². The molecule has 0 saturated carbocycles. The number of rotatable bonds is 3. The summed E-state index contributed by atoms with van der Waals surface area (Å²) in [5, 5.41) is 8.60. The Labute approximate surface area is 78.5 Å². The SMILES string of the molecule is CCC/C=C\c1ccnc(C#N)c1. The van der Waals surface area contributed by atoms with Gasteiger partial charge in [0.25, 0.3) is 0 Å². The van der Waals surface area contributed by atoms with E-state index in [2.05, 4.69) is 18.0 Å². The maximum Gasteiger partial charge on any atom is 0.141 e. The first-order chi connectivity index (χ1) is 6.36. The number of hydrogen-bond donors (Lipinski definition) is 0. The number of unbranched alkanes of at least 4 members (excludes halogenated alkanes) is 1. The van der Waals surface area contributed by atoms with E-state index in [1.807, 2.05) is 18.2 Å². The Hall–Kier alpha value is -1.62. The van der Waals surface area contributed by atoms with E-state index in [9.17, 15) is 0 Å². The highest BCUT2D eigenvalue weighted by molar-refractivity contribution is 5.50. The number of hydrogen-bond acceptors (Lipinski definition) is 2. The zero-order valence-electron chi connectivity index (χ0n) is 7.70. The molecule has 0 radical (unpaired) electrons. The molecule has 1 heterocycles. The number of nitrogens with zero attached hydrogens (tertiary/aromatic N) is 2. The molecule has 0 fully saturated rings. The summed E-state index contributed by atoms with van der Waals surface area (Å²) in [4.78, 5) is 3.89. The molecule has 0 unspecified atom stereocenters. The van der Waals surface area contributed by atoms with Gasteiger partial charge in [0.05, 0.1) is 0 Å². The van der Waals surface area contributed by atoms with Crippen molar-refractivity contribution < 1.29 is 0 Å². The standard InChI is InChI=1S/C11H12N2/c1-2-3-4-5-10-6-7-13-11(8-10)9-12/h4-8H,2-3H2,1H3/b5-4-. The fourth-order valence-electron chi connectivity index (χ4n) is 0.998. The van der Waals surface area contributed by atoms with Gasteiger partial charge in [-0.05, 0) is 24.1 Å². The zero-order chi connectivity index (χ0) is 9.52. The van der Waals surface area contributed by atoms with E-state index in [1.54, 1.807) is 12.3 Å². The van der Waals surface area contributed by atoms with Crippen LogP contribution in [0.4, 0.5) is 0 Å². The average molecular weight is 172 g/mol. The molecule has 0 aliphatic carbocycles. The Bertz CT molecular complexity index is 334. The molecular formula is C11H12N2. The molecule has 1 aromatic heterocycles. The van der Waals surface area contributed by atoms with Crippen molar-refractivity contribution in [1.29, 1.82) is 5.26 Å². The summed E-state index contributed by atoms with van der Waals surface area (Å²) in [5.41, 5.74) is 1.51. The molecule has 13 heavy (non-hydrogen) atoms. The Balaban J connectivity index is 2.73. The van der Waals surface area contributed by atoms with Gasteiger partial charge in [0.2, 0.25) is 0 Å². The van der Waals surface area contributed by atoms with Crippen molar-refractivity contribution in [3.05, 3.63) is 35.7 Å². The third-order valence-electron chi connectivity index (χ3n) is 1.66. The van der Waals surface area contributed by atoms with E-state index in [-0.39, 0.29) is 0 Å². The molecule has 2 nitrogen and oxygen atoms in total. The molecule has 1 aromatic rings. The van der Waals surface area contributed by atoms with Gasteiger partial charge in [-0.3, -0.25) is 0 Å². The summed E-state index contributed by atoms with van der Waals surface area (Å²) in [5.74, 6) is 0. The second-order valence-electron chi connectivity index (χ2n) is 2.78. The second kappa shape index (κ2) is 5.10. The van der Waals surface area contributed by atoms with Crippen LogP contribution < -0.4 is 0 Å². The minimum absolute atomic E-state index is 0.471. The second-order valence-corrected chi connectivity index (χ2v) is 2.78. The van der Waals surface area contributed by atoms with Crippen LogP contribution >= 0.6 is 0 Å². The van der Waals surface area contributed by atoms with Crippen LogP contribution in [-0.2, 0) is 0 Å². The molecule has 0 spiro atoms. The highest BCUT2D eigenvalue weighted by atomic mass is 14.7. The summed E-state index contributed by atoms with van der Waals surface area (Å²) in [6, 6.07) is 5.69. The third kappa shape index (κ3) is 3.08. The van der Waals surface area contributed by atoms with Gasteiger partial charge in [-0.15, -0.1) is 0 Å². The molecule has 0 aliphatic rings. The van der Waals surface area contributed by atoms with Gasteiger partial charge >= 0.3 is 0 Å². The van der Waals surface area contributed by atoms with Crippen molar-refractivity contribution in [2.75, 3.05) is 0 Å². The summed E-state index contributed by atoms with van der Waals surface area (Å²) in [6.07, 6.45) is 8.00. The smallest absolute Gasteiger partial charge is 0.141 e. The molecule has 66 valence electrons. The van der Waals surface area contributed by atoms with E-state index < -0.39 is 0 Å². The molecule has 0 amide bonds. The van der Waals surface area contributed by atoms with Gasteiger partial charge in [0.15, 0.2) is 0 Å². The Morgan fingerprint density at radius 1 is 1.62 bits per heavy atom. The maximum atomic E-state index is 8.60. The average Bonchev–Trinajstić information content (AvgIpc) is 2.19. The first-order valence-corrected chi connectivity index (χ1v) is 4.39. The fraction of sp³-hybridized carbons (Fsp3) is 0.273. The third-order valence-corrected chi connectivity index (χ3v) is 1.66. The quantitative estimate of drug-likeness (QED) is 0.702. The van der Waals surface area contributed by atoms with Crippen LogP contribution in [-0.4, -0.2) is 4.98 Å². The molecular weight excluding hydrogens is 160 g/mol. The van der Waals surface area contributed by atoms with Crippen LogP contribution in [0.2, 0.25) is 0 Å². The van der Waals surface area contributed by atoms with Crippen molar-refractivity contribution >= 4 is 6.08 Å². The number of nitriles is 1. The minimum atomic E-state index is 0.471. The maximum absolute atomic E-state index is 8.60. The Morgan fingerprint density at radius 3 is 3.15 bits per heavy atom. The summed E-state index contributed by atoms with van der Waals surface area (Å²) >= 11 is 0. The van der Waals surface area contributed by atoms with Gasteiger partial charge in [-0.25, -0.2) is 4.98 Å². The number of pyridine rings is 1. The Kier molecular flexibility index (Phi) is 3.72. The molecule has 0 saturated heterocycles. The highest BCUT2D eigenvalue weighted by Gasteiger charge is 1.90. The van der Waals surface area contributed by atoms with E-state index in [4.69, 9.17) is 5.26 Å². The van der Waals surface area contributed by atoms with Gasteiger partial charge in [0, 0.05) is 6.20 Å². The largest absolute Gasteiger partial charge is 0.246 e. The predicted molar refractivity (Wildman–Crippen MR) is 52.9 cm³/mol. The molecule has 0 N–H and O–H groups in total. The molecule has 0 aromatic carbocycles. The molecule has 0 aliphatic heterocycles. The lowest BCUT2D eigenvalue weighted by Gasteiger charge is -1.92. The van der Waals surface area contributed by atoms with E-state index in [0.29, 0.717) is 5.69 Å². The van der Waals surface area contributed by atoms with Gasteiger partial charge in [-0.2, -0.15) is 5.26 Å². The van der Waals surface area contributed by atoms with Crippen molar-refractivity contribution in [3.63, 3.8) is 0 Å². The molecule has 2 heteroatoms. The lowest BCUT2D eigenvalue weighted by molar-refractivity contribution is 0.962. The summed E-state index contributed by atoms with van der Waals surface area (Å²) < 4.78 is 0. The lowest BCUT2D eigenvalue weighted by atomic mass is 10.2. The van der Waals surface area contributed by atoms with Gasteiger partial charge in [0.1, 0.15) is 11.8 Å². The minimum Gasteiger partial charge on any atom is -0.246 e. The highest BCUT2D eigenvalue weighted by Crippen LogP contribution is 2.04. The summed E-state index contributed by atoms with van der Waals surface area (Å²) in [6.45, 7) is 2.14. The van der Waals surface area contributed by atoms with Gasteiger partial charge < -0.3 is 0 Å². The van der Waals surface area contributed by atoms with Gasteiger partial charge in [-0.1, -0.05) is 25.5 Å². The topological polar surface area (TPSA) is 36.7 Å². The normalized spacial score (nSPS) is 10.2. The molecule has 0 bridgehead atoms. The van der Waals surface area contributed by atoms with Crippen molar-refractivity contribution in [2.24, 2.45) is 0 Å². The van der Waals surface area contributed by atoms with Crippen LogP contribution in [0.5, 0.6) is 0 Å². The van der Waals surface area contributed by atoms with Crippen molar-refractivity contribution in [3.8, 4) is 6.07 Å². The van der Waals surface area contributed by atoms with E-state index in [1.165, 1.54) is 0 Å². The first-order valence-electron chi connectivity index (χ1n) is 4.39. The number of aromatic nitrogens is 1. The molecule has 1 rings (SSSR count).